The molecule has 1 rings (SSSR count). The summed E-state index contributed by atoms with van der Waals surface area (Å²) < 4.78 is 6.38. The summed E-state index contributed by atoms with van der Waals surface area (Å²) in [5.74, 6) is 0. The van der Waals surface area contributed by atoms with E-state index in [0.717, 1.165) is 4.68 Å². The van der Waals surface area contributed by atoms with Crippen LogP contribution in [0.15, 0.2) is 15.5 Å². The number of ether oxygens (including phenoxy) is 1. The van der Waals surface area contributed by atoms with Gasteiger partial charge in [0.05, 0.1) is 44.3 Å². The van der Waals surface area contributed by atoms with Crippen molar-refractivity contribution in [3.05, 3.63) is 21.0 Å². The first-order chi connectivity index (χ1) is 8.63. The number of hydrogen-bond acceptors (Lipinski definition) is 6. The van der Waals surface area contributed by atoms with Gasteiger partial charge in [0.25, 0.3) is 5.56 Å². The molecule has 0 aliphatic carbocycles. The molecule has 8 heteroatoms. The first kappa shape index (κ1) is 15.1. The zero-order chi connectivity index (χ0) is 13.5. The molecule has 3 N–H and O–H groups in total. The fourth-order valence-corrected chi connectivity index (χ4v) is 1.80. The Morgan fingerprint density at radius 3 is 2.89 bits per heavy atom. The Morgan fingerprint density at radius 1 is 1.61 bits per heavy atom. The van der Waals surface area contributed by atoms with Gasteiger partial charge < -0.3 is 20.3 Å². The average Bonchev–Trinajstić information content (AvgIpc) is 2.37. The van der Waals surface area contributed by atoms with Gasteiger partial charge in [0, 0.05) is 7.11 Å². The van der Waals surface area contributed by atoms with E-state index in [-0.39, 0.29) is 31.4 Å². The van der Waals surface area contributed by atoms with Crippen molar-refractivity contribution in [2.75, 3.05) is 32.2 Å². The summed E-state index contributed by atoms with van der Waals surface area (Å²) in [6, 6.07) is -0.318. The Balaban J connectivity index is 2.91. The van der Waals surface area contributed by atoms with E-state index in [4.69, 9.17) is 14.9 Å². The van der Waals surface area contributed by atoms with Crippen molar-refractivity contribution in [1.82, 2.24) is 9.78 Å². The number of aliphatic hydroxyl groups excluding tert-OH is 2. The van der Waals surface area contributed by atoms with Crippen molar-refractivity contribution in [2.45, 2.75) is 12.6 Å². The molecule has 0 spiro atoms. The maximum atomic E-state index is 11.8. The molecule has 7 nitrogen and oxygen atoms in total. The second-order valence-corrected chi connectivity index (χ2v) is 4.40. The highest BCUT2D eigenvalue weighted by molar-refractivity contribution is 9.10. The van der Waals surface area contributed by atoms with Crippen LogP contribution in [-0.4, -0.2) is 53.0 Å². The van der Waals surface area contributed by atoms with E-state index in [1.165, 1.54) is 13.3 Å². The van der Waals surface area contributed by atoms with Crippen molar-refractivity contribution in [3.63, 3.8) is 0 Å². The summed E-state index contributed by atoms with van der Waals surface area (Å²) in [6.45, 7) is 0.164. The first-order valence-corrected chi connectivity index (χ1v) is 6.16. The summed E-state index contributed by atoms with van der Waals surface area (Å²) in [6.07, 6.45) is 1.46. The lowest BCUT2D eigenvalue weighted by Gasteiger charge is -2.17. The van der Waals surface area contributed by atoms with E-state index >= 15 is 0 Å². The monoisotopic (exact) mass is 321 g/mol. The van der Waals surface area contributed by atoms with E-state index in [0.29, 0.717) is 16.8 Å². The Morgan fingerprint density at radius 2 is 2.33 bits per heavy atom. The van der Waals surface area contributed by atoms with Gasteiger partial charge in [-0.05, 0) is 15.9 Å². The highest BCUT2D eigenvalue weighted by Gasteiger charge is 2.12. The molecule has 0 radical (unpaired) electrons. The Kier molecular flexibility index (Phi) is 6.27. The smallest absolute Gasteiger partial charge is 0.283 e. The van der Waals surface area contributed by atoms with E-state index in [2.05, 4.69) is 26.3 Å². The molecule has 1 aromatic rings. The van der Waals surface area contributed by atoms with E-state index in [9.17, 15) is 4.79 Å². The van der Waals surface area contributed by atoms with Gasteiger partial charge >= 0.3 is 0 Å². The largest absolute Gasteiger partial charge is 0.394 e. The number of rotatable bonds is 7. The summed E-state index contributed by atoms with van der Waals surface area (Å²) in [5, 5.41) is 24.8. The van der Waals surface area contributed by atoms with Gasteiger partial charge in [0.15, 0.2) is 0 Å². The van der Waals surface area contributed by atoms with Crippen LogP contribution in [0, 0.1) is 0 Å². The van der Waals surface area contributed by atoms with E-state index in [1.54, 1.807) is 0 Å². The number of aliphatic hydroxyl groups is 2. The lowest BCUT2D eigenvalue weighted by Crippen LogP contribution is -2.31. The summed E-state index contributed by atoms with van der Waals surface area (Å²) >= 11 is 3.17. The molecule has 0 saturated carbocycles. The highest BCUT2D eigenvalue weighted by atomic mass is 79.9. The van der Waals surface area contributed by atoms with E-state index in [1.807, 2.05) is 0 Å². The number of halogens is 1. The third-order valence-electron chi connectivity index (χ3n) is 2.24. The van der Waals surface area contributed by atoms with Gasteiger partial charge in [0.2, 0.25) is 0 Å². The number of nitrogens with one attached hydrogen (secondary N) is 1. The van der Waals surface area contributed by atoms with Gasteiger partial charge in [-0.15, -0.1) is 0 Å². The second-order valence-electron chi connectivity index (χ2n) is 3.60. The molecule has 1 aromatic heterocycles. The molecule has 0 aliphatic heterocycles. The van der Waals surface area contributed by atoms with Gasteiger partial charge in [0.1, 0.15) is 4.47 Å². The Labute approximate surface area is 113 Å². The molecule has 0 saturated heterocycles. The zero-order valence-electron chi connectivity index (χ0n) is 9.97. The van der Waals surface area contributed by atoms with Crippen LogP contribution >= 0.6 is 15.9 Å². The maximum Gasteiger partial charge on any atom is 0.283 e. The number of methoxy groups -OCH3 is 1. The van der Waals surface area contributed by atoms with Crippen LogP contribution in [0.25, 0.3) is 0 Å². The quantitative estimate of drug-likeness (QED) is 0.621. The third kappa shape index (κ3) is 3.77. The fraction of sp³-hybridized carbons (Fsp3) is 0.600. The Bertz CT molecular complexity index is 438. The predicted octanol–water partition coefficient (Wildman–Crippen LogP) is -0.583. The van der Waals surface area contributed by atoms with Gasteiger partial charge in [-0.2, -0.15) is 5.10 Å². The first-order valence-electron chi connectivity index (χ1n) is 5.36. The SMILES string of the molecule is COCC(CO)Nc1cnn(CCO)c(=O)c1Br. The number of hydrogen-bond donors (Lipinski definition) is 3. The molecule has 18 heavy (non-hydrogen) atoms. The molecular weight excluding hydrogens is 306 g/mol. The van der Waals surface area contributed by atoms with Crippen molar-refractivity contribution < 1.29 is 14.9 Å². The zero-order valence-corrected chi connectivity index (χ0v) is 11.6. The van der Waals surface area contributed by atoms with Crippen LogP contribution in [0.1, 0.15) is 0 Å². The summed E-state index contributed by atoms with van der Waals surface area (Å²) in [5.41, 5.74) is 0.133. The number of aromatic nitrogens is 2. The van der Waals surface area contributed by atoms with Crippen molar-refractivity contribution in [3.8, 4) is 0 Å². The minimum absolute atomic E-state index is 0.125. The minimum Gasteiger partial charge on any atom is -0.394 e. The molecular formula is C10H16BrN3O4. The molecule has 1 heterocycles. The molecule has 1 unspecified atom stereocenters. The summed E-state index contributed by atoms with van der Waals surface area (Å²) in [7, 11) is 1.52. The highest BCUT2D eigenvalue weighted by Crippen LogP contribution is 2.17. The molecule has 102 valence electrons. The summed E-state index contributed by atoms with van der Waals surface area (Å²) in [4.78, 5) is 11.8. The Hall–Kier alpha value is -0.960. The topological polar surface area (TPSA) is 96.6 Å². The second kappa shape index (κ2) is 7.47. The molecule has 0 fully saturated rings. The normalized spacial score (nSPS) is 12.4. The van der Waals surface area contributed by atoms with Crippen molar-refractivity contribution >= 4 is 21.6 Å². The van der Waals surface area contributed by atoms with Crippen molar-refractivity contribution in [2.24, 2.45) is 0 Å². The molecule has 0 aliphatic rings. The minimum atomic E-state index is -0.344. The standard InChI is InChI=1S/C10H16BrN3O4/c1-18-6-7(5-16)13-8-4-12-14(2-3-15)10(17)9(8)11/h4,7,13,15-16H,2-3,5-6H2,1H3. The van der Waals surface area contributed by atoms with Gasteiger partial charge in [-0.25, -0.2) is 4.68 Å². The average molecular weight is 322 g/mol. The van der Waals surface area contributed by atoms with Gasteiger partial charge in [-0.3, -0.25) is 4.79 Å². The number of nitrogens with zero attached hydrogens (tertiary/aromatic N) is 2. The van der Waals surface area contributed by atoms with E-state index < -0.39 is 0 Å². The maximum absolute atomic E-state index is 11.8. The predicted molar refractivity (Wildman–Crippen MR) is 69.7 cm³/mol. The fourth-order valence-electron chi connectivity index (χ4n) is 1.38. The van der Waals surface area contributed by atoms with Crippen LogP contribution < -0.4 is 10.9 Å². The molecule has 0 bridgehead atoms. The van der Waals surface area contributed by atoms with Gasteiger partial charge in [-0.1, -0.05) is 0 Å². The molecule has 0 aromatic carbocycles. The van der Waals surface area contributed by atoms with Crippen LogP contribution in [0.5, 0.6) is 0 Å². The van der Waals surface area contributed by atoms with Crippen molar-refractivity contribution in [1.29, 1.82) is 0 Å². The molecule has 0 amide bonds. The number of anilines is 1. The van der Waals surface area contributed by atoms with Crippen LogP contribution in [0.4, 0.5) is 5.69 Å². The lowest BCUT2D eigenvalue weighted by molar-refractivity contribution is 0.153. The third-order valence-corrected chi connectivity index (χ3v) is 3.01. The molecule has 1 atom stereocenters. The van der Waals surface area contributed by atoms with Crippen LogP contribution in [0.3, 0.4) is 0 Å². The van der Waals surface area contributed by atoms with Crippen LogP contribution in [0.2, 0.25) is 0 Å². The lowest BCUT2D eigenvalue weighted by atomic mass is 10.3. The van der Waals surface area contributed by atoms with Crippen LogP contribution in [-0.2, 0) is 11.3 Å².